The maximum Gasteiger partial charge on any atom is 0.309 e. The zero-order valence-electron chi connectivity index (χ0n) is 24.2. The molecule has 0 spiro atoms. The molecule has 2 fully saturated rings. The number of aliphatic hydroxyl groups excluding tert-OH is 2. The summed E-state index contributed by atoms with van der Waals surface area (Å²) in [5.41, 5.74) is 1.48. The number of cyclic esters (lactones) is 1. The number of aliphatic hydroxyl groups is 2. The van der Waals surface area contributed by atoms with Crippen molar-refractivity contribution in [3.63, 3.8) is 0 Å². The summed E-state index contributed by atoms with van der Waals surface area (Å²) in [6.45, 7) is 11.1. The molecule has 2 aromatic rings. The van der Waals surface area contributed by atoms with E-state index in [2.05, 4.69) is 29.0 Å². The SMILES string of the molecule is Cc1n(C)c2cc([C@@H]3C[C@@H]4O[C@]4(C)CCC[C@H](C)[C@H](O)[C@@H](C)C(=O)C(C)(C)[C@@H](O)CC(=O)O3)ccc2[n+]1C. The number of imidazole rings is 1. The largest absolute Gasteiger partial charge is 0.457 e. The van der Waals surface area contributed by atoms with Crippen LogP contribution in [0.25, 0.3) is 11.0 Å². The van der Waals surface area contributed by atoms with Crippen LogP contribution in [0, 0.1) is 24.2 Å². The van der Waals surface area contributed by atoms with Crippen LogP contribution in [0.1, 0.15) is 84.2 Å². The number of ether oxygens (including phenoxy) is 2. The highest BCUT2D eigenvalue weighted by Gasteiger charge is 2.53. The van der Waals surface area contributed by atoms with Crippen molar-refractivity contribution in [3.8, 4) is 0 Å². The van der Waals surface area contributed by atoms with Crippen molar-refractivity contribution in [2.45, 2.75) is 104 Å². The summed E-state index contributed by atoms with van der Waals surface area (Å²) < 4.78 is 16.4. The molecule has 38 heavy (non-hydrogen) atoms. The fourth-order valence-electron chi connectivity index (χ4n) is 6.09. The van der Waals surface area contributed by atoms with E-state index >= 15 is 0 Å². The van der Waals surface area contributed by atoms with Gasteiger partial charge in [-0.05, 0) is 43.4 Å². The smallest absolute Gasteiger partial charge is 0.309 e. The molecule has 210 valence electrons. The molecule has 2 N–H and O–H groups in total. The Labute approximate surface area is 225 Å². The van der Waals surface area contributed by atoms with Gasteiger partial charge in [-0.1, -0.05) is 40.2 Å². The number of nitrogens with zero attached hydrogens (tertiary/aromatic N) is 2. The maximum atomic E-state index is 13.3. The number of rotatable bonds is 1. The van der Waals surface area contributed by atoms with Crippen LogP contribution in [0.5, 0.6) is 0 Å². The fourth-order valence-corrected chi connectivity index (χ4v) is 6.09. The zero-order valence-corrected chi connectivity index (χ0v) is 24.2. The van der Waals surface area contributed by atoms with Gasteiger partial charge in [-0.3, -0.25) is 9.59 Å². The molecule has 0 saturated carbocycles. The van der Waals surface area contributed by atoms with Gasteiger partial charge in [0.2, 0.25) is 0 Å². The molecule has 3 heterocycles. The van der Waals surface area contributed by atoms with E-state index < -0.39 is 35.6 Å². The molecule has 0 bridgehead atoms. The number of fused-ring (bicyclic) bond motifs is 2. The normalized spacial score (nSPS) is 35.1. The Morgan fingerprint density at radius 3 is 2.50 bits per heavy atom. The van der Waals surface area contributed by atoms with E-state index in [4.69, 9.17) is 9.47 Å². The average Bonchev–Trinajstić information content (AvgIpc) is 3.46. The minimum atomic E-state index is -1.24. The zero-order chi connectivity index (χ0) is 28.2. The molecule has 7 atom stereocenters. The lowest BCUT2D eigenvalue weighted by atomic mass is 9.73. The van der Waals surface area contributed by atoms with Crippen molar-refractivity contribution in [3.05, 3.63) is 29.6 Å². The molecule has 8 heteroatoms. The molecule has 0 radical (unpaired) electrons. The summed E-state index contributed by atoms with van der Waals surface area (Å²) in [7, 11) is 4.04. The number of ketones is 1. The third-order valence-corrected chi connectivity index (χ3v) is 9.47. The van der Waals surface area contributed by atoms with Crippen molar-refractivity contribution in [2.75, 3.05) is 0 Å². The van der Waals surface area contributed by atoms with E-state index in [0.29, 0.717) is 6.42 Å². The molecule has 4 rings (SSSR count). The molecule has 0 aliphatic carbocycles. The van der Waals surface area contributed by atoms with Crippen LogP contribution in [0.2, 0.25) is 0 Å². The topological polar surface area (TPSA) is 105 Å². The van der Waals surface area contributed by atoms with E-state index in [9.17, 15) is 19.8 Å². The Bertz CT molecular complexity index is 1220. The van der Waals surface area contributed by atoms with Crippen LogP contribution in [0.4, 0.5) is 0 Å². The summed E-state index contributed by atoms with van der Waals surface area (Å²) in [5, 5.41) is 21.9. The molecule has 0 amide bonds. The number of esters is 1. The van der Waals surface area contributed by atoms with Gasteiger partial charge in [-0.25, -0.2) is 9.13 Å². The van der Waals surface area contributed by atoms with Gasteiger partial charge in [0.25, 0.3) is 5.82 Å². The van der Waals surface area contributed by atoms with Gasteiger partial charge in [0.1, 0.15) is 11.9 Å². The lowest BCUT2D eigenvalue weighted by Gasteiger charge is -2.34. The molecule has 2 aliphatic heterocycles. The highest BCUT2D eigenvalue weighted by molar-refractivity contribution is 5.88. The number of aryl methyl sites for hydroxylation is 2. The van der Waals surface area contributed by atoms with Gasteiger partial charge >= 0.3 is 5.97 Å². The van der Waals surface area contributed by atoms with Gasteiger partial charge in [0.15, 0.2) is 11.0 Å². The number of hydrogen-bond acceptors (Lipinski definition) is 6. The lowest BCUT2D eigenvalue weighted by Crippen LogP contribution is -2.45. The number of carbonyl (C=O) groups is 2. The molecule has 8 nitrogen and oxygen atoms in total. The van der Waals surface area contributed by atoms with Crippen molar-refractivity contribution in [1.29, 1.82) is 0 Å². The highest BCUT2D eigenvalue weighted by Crippen LogP contribution is 2.46. The average molecular weight is 530 g/mol. The van der Waals surface area contributed by atoms with Gasteiger partial charge in [-0.2, -0.15) is 0 Å². The molecule has 2 aliphatic rings. The van der Waals surface area contributed by atoms with Crippen molar-refractivity contribution < 1.29 is 33.8 Å². The van der Waals surface area contributed by atoms with E-state index in [-0.39, 0.29) is 29.8 Å². The maximum absolute atomic E-state index is 13.3. The van der Waals surface area contributed by atoms with Gasteiger partial charge in [0, 0.05) is 19.3 Å². The molecule has 1 aromatic heterocycles. The van der Waals surface area contributed by atoms with Gasteiger partial charge in [-0.15, -0.1) is 0 Å². The number of hydrogen-bond donors (Lipinski definition) is 2. The molecule has 2 saturated heterocycles. The van der Waals surface area contributed by atoms with Gasteiger partial charge in [0.05, 0.1) is 49.8 Å². The van der Waals surface area contributed by atoms with Crippen LogP contribution in [0.3, 0.4) is 0 Å². The quantitative estimate of drug-likeness (QED) is 0.332. The van der Waals surface area contributed by atoms with Crippen LogP contribution in [0.15, 0.2) is 18.2 Å². The standard InChI is InChI=1S/C30H45N2O6/c1-17-10-9-13-30(6)25(38-30)15-23(20-11-12-21-22(14-20)32(8)19(3)31(21)7)37-26(34)16-24(33)29(4,5)28(36)18(2)27(17)35/h11-12,14,17-18,23-25,27,33,35H,9-10,13,15-16H2,1-8H3/q+1/t17-,18+,23-,24-,25-,27-,30+/m0/s1. The first-order valence-corrected chi connectivity index (χ1v) is 13.9. The Kier molecular flexibility index (Phi) is 7.83. The number of aromatic nitrogens is 2. The Morgan fingerprint density at radius 1 is 1.13 bits per heavy atom. The fraction of sp³-hybridized carbons (Fsp3) is 0.700. The lowest BCUT2D eigenvalue weighted by molar-refractivity contribution is -0.652. The first-order valence-electron chi connectivity index (χ1n) is 13.9. The van der Waals surface area contributed by atoms with E-state index in [1.165, 1.54) is 0 Å². The Morgan fingerprint density at radius 2 is 1.82 bits per heavy atom. The predicted molar refractivity (Wildman–Crippen MR) is 143 cm³/mol. The second-order valence-corrected chi connectivity index (χ2v) is 12.5. The van der Waals surface area contributed by atoms with Crippen LogP contribution >= 0.6 is 0 Å². The van der Waals surface area contributed by atoms with Gasteiger partial charge < -0.3 is 19.7 Å². The summed E-state index contributed by atoms with van der Waals surface area (Å²) in [5.74, 6) is -0.443. The first kappa shape index (κ1) is 28.7. The van der Waals surface area contributed by atoms with Crippen molar-refractivity contribution in [1.82, 2.24) is 4.57 Å². The van der Waals surface area contributed by atoms with Crippen molar-refractivity contribution >= 4 is 22.8 Å². The minimum Gasteiger partial charge on any atom is -0.457 e. The van der Waals surface area contributed by atoms with Crippen LogP contribution in [-0.4, -0.2) is 50.4 Å². The van der Waals surface area contributed by atoms with E-state index in [1.54, 1.807) is 20.8 Å². The summed E-state index contributed by atoms with van der Waals surface area (Å²) >= 11 is 0. The Hall–Kier alpha value is -2.29. The van der Waals surface area contributed by atoms with Crippen molar-refractivity contribution in [2.24, 2.45) is 31.3 Å². The number of carbonyl (C=O) groups excluding carboxylic acids is 2. The monoisotopic (exact) mass is 529 g/mol. The molecular formula is C30H45N2O6+. The van der Waals surface area contributed by atoms with Crippen LogP contribution < -0.4 is 4.57 Å². The number of epoxide rings is 1. The summed E-state index contributed by atoms with van der Waals surface area (Å²) in [6, 6.07) is 6.10. The van der Waals surface area contributed by atoms with E-state index in [0.717, 1.165) is 41.7 Å². The van der Waals surface area contributed by atoms with E-state index in [1.807, 2.05) is 33.2 Å². The predicted octanol–water partition coefficient (Wildman–Crippen LogP) is 3.61. The third-order valence-electron chi connectivity index (χ3n) is 9.47. The summed E-state index contributed by atoms with van der Waals surface area (Å²) in [6.07, 6.45) is -0.00263. The number of benzene rings is 1. The number of Topliss-reactive ketones (excluding diaryl/α,β-unsaturated/α-hetero) is 1. The second-order valence-electron chi connectivity index (χ2n) is 12.5. The highest BCUT2D eigenvalue weighted by atomic mass is 16.6. The second kappa shape index (κ2) is 10.4. The molecule has 0 unspecified atom stereocenters. The minimum absolute atomic E-state index is 0.0581. The first-order chi connectivity index (χ1) is 17.7. The Balaban J connectivity index is 1.65. The van der Waals surface area contributed by atoms with Crippen LogP contribution in [-0.2, 0) is 33.2 Å². The molecule has 1 aromatic carbocycles. The molecular weight excluding hydrogens is 484 g/mol. The summed E-state index contributed by atoms with van der Waals surface area (Å²) in [4.78, 5) is 26.5. The third kappa shape index (κ3) is 5.27.